The summed E-state index contributed by atoms with van der Waals surface area (Å²) in [5.74, 6) is -7.51. The molecule has 2 N–H and O–H groups in total. The van der Waals surface area contributed by atoms with E-state index in [2.05, 4.69) is 5.73 Å². The van der Waals surface area contributed by atoms with E-state index < -0.39 is 46.3 Å². The fourth-order valence-electron chi connectivity index (χ4n) is 1.37. The van der Waals surface area contributed by atoms with Crippen LogP contribution in [0.1, 0.15) is 17.2 Å². The molecule has 22 heavy (non-hydrogen) atoms. The highest BCUT2D eigenvalue weighted by atomic mass is 35.5. The molecule has 0 saturated heterocycles. The molecular formula is C10H6Cl2F9N. The molecule has 1 aromatic carbocycles. The topological polar surface area (TPSA) is 26.0 Å². The predicted octanol–water partition coefficient (Wildman–Crippen LogP) is 5.12. The summed E-state index contributed by atoms with van der Waals surface area (Å²) in [5, 5.41) is -1.27. The van der Waals surface area contributed by atoms with Crippen LogP contribution in [-0.2, 0) is 6.18 Å². The Balaban J connectivity index is 0.00000441. The average molecular weight is 382 g/mol. The fraction of sp³-hybridized carbons (Fsp3) is 0.400. The van der Waals surface area contributed by atoms with Gasteiger partial charge in [-0.2, -0.15) is 35.1 Å². The normalized spacial score (nSPS) is 14.5. The van der Waals surface area contributed by atoms with E-state index in [4.69, 9.17) is 11.6 Å². The molecule has 0 radical (unpaired) electrons. The van der Waals surface area contributed by atoms with E-state index in [1.165, 1.54) is 0 Å². The van der Waals surface area contributed by atoms with Crippen molar-refractivity contribution in [3.8, 4) is 0 Å². The van der Waals surface area contributed by atoms with E-state index in [1.54, 1.807) is 0 Å². The Morgan fingerprint density at radius 3 is 1.77 bits per heavy atom. The van der Waals surface area contributed by atoms with E-state index in [-0.39, 0.29) is 24.5 Å². The maximum atomic E-state index is 13.5. The molecule has 0 spiro atoms. The van der Waals surface area contributed by atoms with Crippen LogP contribution in [0.4, 0.5) is 39.5 Å². The molecular weight excluding hydrogens is 376 g/mol. The number of hydrogen-bond donors (Lipinski definition) is 1. The Kier molecular flexibility index (Phi) is 6.07. The molecule has 0 saturated carbocycles. The van der Waals surface area contributed by atoms with Gasteiger partial charge in [0.1, 0.15) is 11.9 Å². The maximum Gasteiger partial charge on any atom is 0.455 e. The van der Waals surface area contributed by atoms with Gasteiger partial charge in [-0.1, -0.05) is 11.6 Å². The lowest BCUT2D eigenvalue weighted by Gasteiger charge is -2.26. The summed E-state index contributed by atoms with van der Waals surface area (Å²) in [5.41, 5.74) is 1.22. The highest BCUT2D eigenvalue weighted by Gasteiger charge is 2.62. The SMILES string of the molecule is Cl.N[C@H](c1cc(C(F)(F)F)cc(Cl)c1F)C(F)(F)C(F)(F)F. The molecule has 12 heteroatoms. The number of rotatable bonds is 2. The first-order valence-electron chi connectivity index (χ1n) is 4.96. The largest absolute Gasteiger partial charge is 0.455 e. The second kappa shape index (κ2) is 6.32. The van der Waals surface area contributed by atoms with E-state index in [9.17, 15) is 39.5 Å². The zero-order chi connectivity index (χ0) is 16.8. The van der Waals surface area contributed by atoms with Gasteiger partial charge in [-0.15, -0.1) is 12.4 Å². The van der Waals surface area contributed by atoms with Gasteiger partial charge >= 0.3 is 18.3 Å². The quantitative estimate of drug-likeness (QED) is 0.707. The summed E-state index contributed by atoms with van der Waals surface area (Å²) in [6, 6.07) is -3.55. The molecule has 0 aromatic heterocycles. The van der Waals surface area contributed by atoms with Crippen LogP contribution in [0.3, 0.4) is 0 Å². The van der Waals surface area contributed by atoms with Crippen LogP contribution in [-0.4, -0.2) is 12.1 Å². The molecule has 0 aliphatic carbocycles. The van der Waals surface area contributed by atoms with E-state index in [0.29, 0.717) is 0 Å². The highest BCUT2D eigenvalue weighted by Crippen LogP contribution is 2.45. The average Bonchev–Trinajstić information content (AvgIpc) is 2.28. The Labute approximate surface area is 128 Å². The minimum absolute atomic E-state index is 0. The minimum atomic E-state index is -6.17. The molecule has 0 amide bonds. The fourth-order valence-corrected chi connectivity index (χ4v) is 1.60. The standard InChI is InChI=1S/C10H5ClF9N.ClH/c11-5-2-3(9(15,16)17)1-4(6(5)12)7(21)8(13,14)10(18,19)20;/h1-2,7H,21H2;1H/t7-;/m1./s1. The number of alkyl halides is 8. The second-order valence-electron chi connectivity index (χ2n) is 3.96. The molecule has 128 valence electrons. The smallest absolute Gasteiger partial charge is 0.319 e. The number of nitrogens with two attached hydrogens (primary N) is 1. The summed E-state index contributed by atoms with van der Waals surface area (Å²) < 4.78 is 113. The first-order valence-corrected chi connectivity index (χ1v) is 5.33. The molecule has 1 rings (SSSR count). The van der Waals surface area contributed by atoms with Gasteiger partial charge in [0.05, 0.1) is 10.6 Å². The van der Waals surface area contributed by atoms with Gasteiger partial charge in [0, 0.05) is 5.56 Å². The van der Waals surface area contributed by atoms with Crippen molar-refractivity contribution >= 4 is 24.0 Å². The van der Waals surface area contributed by atoms with Crippen molar-refractivity contribution in [2.24, 2.45) is 5.73 Å². The molecule has 0 bridgehead atoms. The van der Waals surface area contributed by atoms with Crippen molar-refractivity contribution < 1.29 is 39.5 Å². The minimum Gasteiger partial charge on any atom is -0.319 e. The third-order valence-electron chi connectivity index (χ3n) is 2.49. The highest BCUT2D eigenvalue weighted by molar-refractivity contribution is 6.30. The molecule has 1 aromatic rings. The first kappa shape index (κ1) is 21.1. The van der Waals surface area contributed by atoms with Gasteiger partial charge in [0.15, 0.2) is 0 Å². The van der Waals surface area contributed by atoms with Gasteiger partial charge in [0.25, 0.3) is 0 Å². The maximum absolute atomic E-state index is 13.5. The van der Waals surface area contributed by atoms with Crippen LogP contribution in [0, 0.1) is 5.82 Å². The lowest BCUT2D eigenvalue weighted by atomic mass is 9.98. The van der Waals surface area contributed by atoms with Crippen LogP contribution in [0.5, 0.6) is 0 Å². The molecule has 0 fully saturated rings. The Morgan fingerprint density at radius 2 is 1.41 bits per heavy atom. The Hall–Kier alpha value is -0.870. The van der Waals surface area contributed by atoms with Gasteiger partial charge in [-0.3, -0.25) is 0 Å². The summed E-state index contributed by atoms with van der Waals surface area (Å²) in [7, 11) is 0. The van der Waals surface area contributed by atoms with E-state index >= 15 is 0 Å². The monoisotopic (exact) mass is 381 g/mol. The van der Waals surface area contributed by atoms with Crippen molar-refractivity contribution in [3.63, 3.8) is 0 Å². The molecule has 0 unspecified atom stereocenters. The van der Waals surface area contributed by atoms with Gasteiger partial charge in [-0.25, -0.2) is 4.39 Å². The van der Waals surface area contributed by atoms with Crippen LogP contribution >= 0.6 is 24.0 Å². The zero-order valence-electron chi connectivity index (χ0n) is 10.00. The Morgan fingerprint density at radius 1 is 0.955 bits per heavy atom. The van der Waals surface area contributed by atoms with E-state index in [1.807, 2.05) is 0 Å². The third kappa shape index (κ3) is 3.90. The van der Waals surface area contributed by atoms with Crippen molar-refractivity contribution in [1.82, 2.24) is 0 Å². The number of hydrogen-bond acceptors (Lipinski definition) is 1. The predicted molar refractivity (Wildman–Crippen MR) is 61.6 cm³/mol. The molecule has 1 atom stereocenters. The van der Waals surface area contributed by atoms with Gasteiger partial charge in [0.2, 0.25) is 0 Å². The first-order chi connectivity index (χ1) is 9.19. The summed E-state index contributed by atoms with van der Waals surface area (Å²) in [4.78, 5) is 0. The lowest BCUT2D eigenvalue weighted by molar-refractivity contribution is -0.291. The molecule has 0 aliphatic rings. The van der Waals surface area contributed by atoms with Gasteiger partial charge < -0.3 is 5.73 Å². The third-order valence-corrected chi connectivity index (χ3v) is 2.76. The van der Waals surface area contributed by atoms with Crippen molar-refractivity contribution in [2.45, 2.75) is 24.3 Å². The van der Waals surface area contributed by atoms with Gasteiger partial charge in [-0.05, 0) is 12.1 Å². The van der Waals surface area contributed by atoms with Crippen LogP contribution in [0.25, 0.3) is 0 Å². The molecule has 0 aliphatic heterocycles. The van der Waals surface area contributed by atoms with Crippen LogP contribution in [0.2, 0.25) is 5.02 Å². The van der Waals surface area contributed by atoms with E-state index in [0.717, 1.165) is 0 Å². The Bertz CT molecular complexity index is 538. The summed E-state index contributed by atoms with van der Waals surface area (Å²) in [6.07, 6.45) is -11.3. The summed E-state index contributed by atoms with van der Waals surface area (Å²) >= 11 is 5.08. The number of halogens is 11. The van der Waals surface area contributed by atoms with Crippen molar-refractivity contribution in [1.29, 1.82) is 0 Å². The van der Waals surface area contributed by atoms with Crippen molar-refractivity contribution in [2.75, 3.05) is 0 Å². The molecule has 0 heterocycles. The summed E-state index contributed by atoms with van der Waals surface area (Å²) in [6.45, 7) is 0. The molecule has 1 nitrogen and oxygen atoms in total. The second-order valence-corrected chi connectivity index (χ2v) is 4.36. The zero-order valence-corrected chi connectivity index (χ0v) is 11.6. The van der Waals surface area contributed by atoms with Crippen LogP contribution < -0.4 is 5.73 Å². The van der Waals surface area contributed by atoms with Crippen molar-refractivity contribution in [3.05, 3.63) is 34.1 Å². The lowest BCUT2D eigenvalue weighted by Crippen LogP contribution is -2.46. The van der Waals surface area contributed by atoms with Crippen LogP contribution in [0.15, 0.2) is 12.1 Å². The number of benzene rings is 1.